The zero-order valence-electron chi connectivity index (χ0n) is 16.8. The molecule has 2 fully saturated rings. The Hall–Kier alpha value is -1.99. The molecule has 30 heavy (non-hydrogen) atoms. The van der Waals surface area contributed by atoms with Crippen molar-refractivity contribution in [3.05, 3.63) is 65.2 Å². The molecule has 0 aliphatic carbocycles. The van der Waals surface area contributed by atoms with Gasteiger partial charge in [0, 0.05) is 17.5 Å². The van der Waals surface area contributed by atoms with Gasteiger partial charge in [-0.05, 0) is 62.2 Å². The molecule has 1 N–H and O–H groups in total. The van der Waals surface area contributed by atoms with Gasteiger partial charge in [-0.25, -0.2) is 0 Å². The second-order valence-electron chi connectivity index (χ2n) is 8.12. The van der Waals surface area contributed by atoms with Crippen molar-refractivity contribution in [2.75, 3.05) is 19.3 Å². The Morgan fingerprint density at radius 1 is 1.17 bits per heavy atom. The van der Waals surface area contributed by atoms with Crippen LogP contribution in [0.3, 0.4) is 0 Å². The number of hydrogen-bond acceptors (Lipinski definition) is 3. The second kappa shape index (κ2) is 8.27. The van der Waals surface area contributed by atoms with Gasteiger partial charge < -0.3 is 5.32 Å². The number of thioether (sulfide) groups is 1. The minimum absolute atomic E-state index is 0.286. The van der Waals surface area contributed by atoms with Crippen molar-refractivity contribution in [3.63, 3.8) is 0 Å². The van der Waals surface area contributed by atoms with E-state index in [1.54, 1.807) is 6.26 Å². The summed E-state index contributed by atoms with van der Waals surface area (Å²) in [5.74, 6) is -0.324. The number of carbonyl (C=O) groups is 1. The number of halogens is 3. The number of carbonyl (C=O) groups excluding carboxylic acids is 1. The average Bonchev–Trinajstić information content (AvgIpc) is 3.20. The Bertz CT molecular complexity index is 918. The lowest BCUT2D eigenvalue weighted by molar-refractivity contribution is -0.137. The van der Waals surface area contributed by atoms with Gasteiger partial charge in [0.25, 0.3) is 5.91 Å². The van der Waals surface area contributed by atoms with E-state index in [2.05, 4.69) is 10.2 Å². The van der Waals surface area contributed by atoms with Crippen LogP contribution in [0.15, 0.2) is 53.4 Å². The van der Waals surface area contributed by atoms with Gasteiger partial charge in [0.1, 0.15) is 0 Å². The lowest BCUT2D eigenvalue weighted by Crippen LogP contribution is -2.57. The normalized spacial score (nSPS) is 24.5. The molecule has 0 radical (unpaired) electrons. The molecule has 0 aromatic heterocycles. The number of benzene rings is 2. The van der Waals surface area contributed by atoms with Gasteiger partial charge in [-0.15, -0.1) is 11.8 Å². The van der Waals surface area contributed by atoms with Crippen molar-refractivity contribution >= 4 is 17.7 Å². The summed E-state index contributed by atoms with van der Waals surface area (Å²) in [5.41, 5.74) is 0.0480. The van der Waals surface area contributed by atoms with Gasteiger partial charge >= 0.3 is 6.18 Å². The fraction of sp³-hybridized carbons (Fsp3) is 0.435. The summed E-state index contributed by atoms with van der Waals surface area (Å²) in [4.78, 5) is 16.1. The maximum atomic E-state index is 13.3. The largest absolute Gasteiger partial charge is 0.416 e. The Balaban J connectivity index is 1.66. The molecule has 2 saturated heterocycles. The molecule has 0 bridgehead atoms. The fourth-order valence-electron chi connectivity index (χ4n) is 4.78. The predicted molar refractivity (Wildman–Crippen MR) is 113 cm³/mol. The molecular weight excluding hydrogens is 409 g/mol. The standard InChI is InChI=1S/C23H25F3N2OS/c1-30-20-14-17(23(24,25)26)9-10-19(20)21(29)27-22(16-6-3-2-4-7-16)12-11-18-8-5-13-28(18)15-22/h2-4,6-7,9-10,14,18H,5,8,11-13,15H2,1H3,(H,27,29). The number of rotatable bonds is 4. The molecule has 2 aliphatic heterocycles. The number of amides is 1. The van der Waals surface area contributed by atoms with Crippen molar-refractivity contribution in [2.24, 2.45) is 0 Å². The summed E-state index contributed by atoms with van der Waals surface area (Å²) in [7, 11) is 0. The minimum Gasteiger partial charge on any atom is -0.341 e. The molecule has 2 aromatic carbocycles. The van der Waals surface area contributed by atoms with Crippen molar-refractivity contribution in [1.82, 2.24) is 10.2 Å². The third kappa shape index (κ3) is 4.10. The number of nitrogens with zero attached hydrogens (tertiary/aromatic N) is 1. The van der Waals surface area contributed by atoms with Gasteiger partial charge in [0.2, 0.25) is 0 Å². The van der Waals surface area contributed by atoms with Gasteiger partial charge in [-0.1, -0.05) is 30.3 Å². The average molecular weight is 435 g/mol. The van der Waals surface area contributed by atoms with Gasteiger partial charge in [0.05, 0.1) is 16.7 Å². The van der Waals surface area contributed by atoms with Crippen LogP contribution in [-0.2, 0) is 11.7 Å². The van der Waals surface area contributed by atoms with E-state index in [-0.39, 0.29) is 11.5 Å². The van der Waals surface area contributed by atoms with Crippen LogP contribution < -0.4 is 5.32 Å². The van der Waals surface area contributed by atoms with Gasteiger partial charge in [-0.3, -0.25) is 9.69 Å². The van der Waals surface area contributed by atoms with Crippen molar-refractivity contribution < 1.29 is 18.0 Å². The van der Waals surface area contributed by atoms with E-state index >= 15 is 0 Å². The van der Waals surface area contributed by atoms with Crippen LogP contribution in [0.5, 0.6) is 0 Å². The highest BCUT2D eigenvalue weighted by atomic mass is 32.2. The first-order valence-corrected chi connectivity index (χ1v) is 11.4. The third-order valence-corrected chi connectivity index (χ3v) is 7.11. The number of nitrogens with one attached hydrogen (secondary N) is 1. The van der Waals surface area contributed by atoms with Gasteiger partial charge in [-0.2, -0.15) is 13.2 Å². The topological polar surface area (TPSA) is 32.3 Å². The summed E-state index contributed by atoms with van der Waals surface area (Å²) < 4.78 is 39.3. The quantitative estimate of drug-likeness (QED) is 0.662. The van der Waals surface area contributed by atoms with Crippen LogP contribution in [0.2, 0.25) is 0 Å². The Labute approximate surface area is 179 Å². The number of piperidine rings is 1. The first-order chi connectivity index (χ1) is 14.3. The van der Waals surface area contributed by atoms with E-state index in [9.17, 15) is 18.0 Å². The van der Waals surface area contributed by atoms with E-state index in [1.165, 1.54) is 18.9 Å². The fourth-order valence-corrected chi connectivity index (χ4v) is 5.40. The van der Waals surface area contributed by atoms with Crippen LogP contribution in [0.1, 0.15) is 47.2 Å². The minimum atomic E-state index is -4.43. The highest BCUT2D eigenvalue weighted by molar-refractivity contribution is 7.98. The van der Waals surface area contributed by atoms with Crippen LogP contribution in [0.4, 0.5) is 13.2 Å². The van der Waals surface area contributed by atoms with Crippen LogP contribution >= 0.6 is 11.8 Å². The van der Waals surface area contributed by atoms with Crippen molar-refractivity contribution in [2.45, 2.75) is 48.3 Å². The van der Waals surface area contributed by atoms with E-state index in [4.69, 9.17) is 0 Å². The molecule has 0 spiro atoms. The zero-order valence-corrected chi connectivity index (χ0v) is 17.7. The maximum Gasteiger partial charge on any atom is 0.416 e. The van der Waals surface area contributed by atoms with E-state index in [0.717, 1.165) is 55.4 Å². The summed E-state index contributed by atoms with van der Waals surface area (Å²) >= 11 is 1.15. The molecule has 0 saturated carbocycles. The molecule has 2 aliphatic rings. The molecule has 3 nitrogen and oxygen atoms in total. The Morgan fingerprint density at radius 3 is 2.63 bits per heavy atom. The predicted octanol–water partition coefficient (Wildman–Crippen LogP) is 5.31. The summed E-state index contributed by atoms with van der Waals surface area (Å²) in [6, 6.07) is 13.8. The molecular formula is C23H25F3N2OS. The number of fused-ring (bicyclic) bond motifs is 1. The second-order valence-corrected chi connectivity index (χ2v) is 8.97. The number of alkyl halides is 3. The number of hydrogen-bond donors (Lipinski definition) is 1. The first-order valence-electron chi connectivity index (χ1n) is 10.2. The lowest BCUT2D eigenvalue weighted by Gasteiger charge is -2.45. The maximum absolute atomic E-state index is 13.3. The highest BCUT2D eigenvalue weighted by Gasteiger charge is 2.43. The zero-order chi connectivity index (χ0) is 21.4. The summed E-state index contributed by atoms with van der Waals surface area (Å²) in [6.07, 6.45) is 1.43. The van der Waals surface area contributed by atoms with E-state index < -0.39 is 17.3 Å². The molecule has 4 rings (SSSR count). The molecule has 160 valence electrons. The van der Waals surface area contributed by atoms with Crippen LogP contribution in [0, 0.1) is 0 Å². The molecule has 2 aromatic rings. The van der Waals surface area contributed by atoms with Gasteiger partial charge in [0.15, 0.2) is 0 Å². The monoisotopic (exact) mass is 434 g/mol. The smallest absolute Gasteiger partial charge is 0.341 e. The highest BCUT2D eigenvalue weighted by Crippen LogP contribution is 2.39. The Kier molecular flexibility index (Phi) is 5.86. The van der Waals surface area contributed by atoms with E-state index in [0.29, 0.717) is 10.9 Å². The lowest BCUT2D eigenvalue weighted by atomic mass is 9.80. The van der Waals surface area contributed by atoms with Crippen LogP contribution in [-0.4, -0.2) is 36.2 Å². The molecule has 2 unspecified atom stereocenters. The molecule has 2 heterocycles. The molecule has 7 heteroatoms. The Morgan fingerprint density at radius 2 is 1.93 bits per heavy atom. The van der Waals surface area contributed by atoms with Crippen molar-refractivity contribution in [3.8, 4) is 0 Å². The van der Waals surface area contributed by atoms with E-state index in [1.807, 2.05) is 30.3 Å². The van der Waals surface area contributed by atoms with Crippen LogP contribution in [0.25, 0.3) is 0 Å². The summed E-state index contributed by atoms with van der Waals surface area (Å²) in [5, 5.41) is 3.24. The molecule has 2 atom stereocenters. The third-order valence-electron chi connectivity index (χ3n) is 6.33. The summed E-state index contributed by atoms with van der Waals surface area (Å²) in [6.45, 7) is 1.74. The first kappa shape index (κ1) is 21.2. The molecule has 1 amide bonds. The SMILES string of the molecule is CSc1cc(C(F)(F)F)ccc1C(=O)NC1(c2ccccc2)CCC2CCCN2C1. The van der Waals surface area contributed by atoms with Crippen molar-refractivity contribution in [1.29, 1.82) is 0 Å².